The highest BCUT2D eigenvalue weighted by atomic mass is 15.0. The summed E-state index contributed by atoms with van der Waals surface area (Å²) in [5.74, 6) is 0.716. The van der Waals surface area contributed by atoms with Crippen LogP contribution in [0.2, 0.25) is 0 Å². The fraction of sp³-hybridized carbons (Fsp3) is 0. The van der Waals surface area contributed by atoms with Gasteiger partial charge in [0.15, 0.2) is 5.82 Å². The van der Waals surface area contributed by atoms with Gasteiger partial charge in [-0.2, -0.15) is 0 Å². The molecule has 0 aliphatic rings. The van der Waals surface area contributed by atoms with Crippen molar-refractivity contribution in [2.75, 3.05) is 0 Å². The summed E-state index contributed by atoms with van der Waals surface area (Å²) in [6.45, 7) is 0. The molecule has 0 amide bonds. The molecule has 0 saturated heterocycles. The number of hydrogen-bond donors (Lipinski definition) is 0. The van der Waals surface area contributed by atoms with Crippen LogP contribution >= 0.6 is 0 Å². The predicted molar refractivity (Wildman–Crippen MR) is 205 cm³/mol. The van der Waals surface area contributed by atoms with Gasteiger partial charge in [0, 0.05) is 22.2 Å². The highest BCUT2D eigenvalue weighted by Crippen LogP contribution is 2.40. The molecule has 0 atom stereocenters. The summed E-state index contributed by atoms with van der Waals surface area (Å²) in [6, 6.07) is 62.6. The van der Waals surface area contributed by atoms with E-state index in [-0.39, 0.29) is 0 Å². The lowest BCUT2D eigenvalue weighted by Crippen LogP contribution is -1.99. The molecule has 0 aliphatic heterocycles. The van der Waals surface area contributed by atoms with Gasteiger partial charge in [0.05, 0.1) is 16.7 Å². The van der Waals surface area contributed by atoms with Crippen molar-refractivity contribution in [1.82, 2.24) is 14.5 Å². The zero-order valence-electron chi connectivity index (χ0n) is 26.6. The number of benzene rings is 8. The molecular weight excluding hydrogens is 595 g/mol. The average Bonchev–Trinajstić information content (AvgIpc) is 3.52. The molecule has 0 unspecified atom stereocenters. The lowest BCUT2D eigenvalue weighted by atomic mass is 9.91. The van der Waals surface area contributed by atoms with Gasteiger partial charge < -0.3 is 4.57 Å². The normalized spacial score (nSPS) is 11.7. The number of nitrogens with zero attached hydrogens (tertiary/aromatic N) is 3. The van der Waals surface area contributed by atoms with E-state index in [0.29, 0.717) is 5.82 Å². The monoisotopic (exact) mass is 623 g/mol. The average molecular weight is 624 g/mol. The first-order valence-corrected chi connectivity index (χ1v) is 16.7. The van der Waals surface area contributed by atoms with Crippen LogP contribution in [0.1, 0.15) is 0 Å². The first kappa shape index (κ1) is 27.5. The quantitative estimate of drug-likeness (QED) is 0.183. The van der Waals surface area contributed by atoms with E-state index in [0.717, 1.165) is 50.0 Å². The van der Waals surface area contributed by atoms with Gasteiger partial charge in [-0.3, -0.25) is 0 Å². The number of hydrogen-bond acceptors (Lipinski definition) is 2. The van der Waals surface area contributed by atoms with Gasteiger partial charge in [-0.1, -0.05) is 146 Å². The van der Waals surface area contributed by atoms with Gasteiger partial charge >= 0.3 is 0 Å². The fourth-order valence-corrected chi connectivity index (χ4v) is 7.54. The van der Waals surface area contributed by atoms with Crippen LogP contribution in [0.5, 0.6) is 0 Å². The van der Waals surface area contributed by atoms with Gasteiger partial charge in [0.25, 0.3) is 0 Å². The van der Waals surface area contributed by atoms with E-state index in [2.05, 4.69) is 162 Å². The van der Waals surface area contributed by atoms with Crippen molar-refractivity contribution in [3.05, 3.63) is 176 Å². The van der Waals surface area contributed by atoms with Crippen LogP contribution in [0, 0.1) is 0 Å². The molecule has 10 aromatic rings. The summed E-state index contributed by atoms with van der Waals surface area (Å²) in [5, 5.41) is 8.75. The SMILES string of the molecule is c1ccc(-c2nc(-c3cccc(-c4ccc5c6ccccc6c6ccccc6c5c4)c3)c3c(n2)c2ccccc2n3-c2ccccc2)cc1. The van der Waals surface area contributed by atoms with E-state index in [1.807, 2.05) is 18.2 Å². The van der Waals surface area contributed by atoms with Crippen LogP contribution in [0.15, 0.2) is 176 Å². The Labute approximate surface area is 283 Å². The molecule has 10 rings (SSSR count). The van der Waals surface area contributed by atoms with Gasteiger partial charge in [-0.05, 0) is 73.8 Å². The summed E-state index contributed by atoms with van der Waals surface area (Å²) in [7, 11) is 0. The molecular formula is C46H29N3. The molecule has 3 heteroatoms. The Balaban J connectivity index is 1.24. The molecule has 0 spiro atoms. The lowest BCUT2D eigenvalue weighted by molar-refractivity contribution is 1.15. The van der Waals surface area contributed by atoms with Crippen molar-refractivity contribution < 1.29 is 0 Å². The second-order valence-electron chi connectivity index (χ2n) is 12.6. The number of fused-ring (bicyclic) bond motifs is 9. The van der Waals surface area contributed by atoms with E-state index in [4.69, 9.17) is 9.97 Å². The minimum atomic E-state index is 0.716. The molecule has 2 heterocycles. The van der Waals surface area contributed by atoms with E-state index in [1.54, 1.807) is 0 Å². The van der Waals surface area contributed by atoms with E-state index in [9.17, 15) is 0 Å². The first-order valence-electron chi connectivity index (χ1n) is 16.7. The Morgan fingerprint density at radius 1 is 0.347 bits per heavy atom. The molecule has 3 nitrogen and oxygen atoms in total. The van der Waals surface area contributed by atoms with Gasteiger partial charge in [0.1, 0.15) is 5.52 Å². The maximum absolute atomic E-state index is 5.35. The second kappa shape index (κ2) is 11.0. The molecule has 0 radical (unpaired) electrons. The van der Waals surface area contributed by atoms with Crippen molar-refractivity contribution in [2.45, 2.75) is 0 Å². The Morgan fingerprint density at radius 3 is 1.59 bits per heavy atom. The number of para-hydroxylation sites is 2. The van der Waals surface area contributed by atoms with Crippen LogP contribution in [0.25, 0.3) is 93.7 Å². The van der Waals surface area contributed by atoms with Crippen molar-refractivity contribution in [2.24, 2.45) is 0 Å². The highest BCUT2D eigenvalue weighted by Gasteiger charge is 2.21. The van der Waals surface area contributed by atoms with E-state index in [1.165, 1.54) is 37.9 Å². The second-order valence-corrected chi connectivity index (χ2v) is 12.6. The smallest absolute Gasteiger partial charge is 0.160 e. The minimum absolute atomic E-state index is 0.716. The Bertz CT molecular complexity index is 2830. The van der Waals surface area contributed by atoms with Crippen molar-refractivity contribution in [3.63, 3.8) is 0 Å². The van der Waals surface area contributed by atoms with Crippen LogP contribution < -0.4 is 0 Å². The third-order valence-electron chi connectivity index (χ3n) is 9.77. The molecule has 228 valence electrons. The topological polar surface area (TPSA) is 30.7 Å². The van der Waals surface area contributed by atoms with Crippen LogP contribution in [-0.4, -0.2) is 14.5 Å². The highest BCUT2D eigenvalue weighted by molar-refractivity contribution is 6.25. The van der Waals surface area contributed by atoms with Crippen molar-refractivity contribution in [1.29, 1.82) is 0 Å². The van der Waals surface area contributed by atoms with Crippen LogP contribution in [-0.2, 0) is 0 Å². The molecule has 0 fully saturated rings. The van der Waals surface area contributed by atoms with Crippen LogP contribution in [0.4, 0.5) is 0 Å². The van der Waals surface area contributed by atoms with Gasteiger partial charge in [-0.25, -0.2) is 9.97 Å². The van der Waals surface area contributed by atoms with Gasteiger partial charge in [-0.15, -0.1) is 0 Å². The molecule has 0 N–H and O–H groups in total. The predicted octanol–water partition coefficient (Wildman–Crippen LogP) is 12.0. The van der Waals surface area contributed by atoms with Crippen molar-refractivity contribution >= 4 is 54.3 Å². The fourth-order valence-electron chi connectivity index (χ4n) is 7.54. The molecule has 0 aliphatic carbocycles. The summed E-state index contributed by atoms with van der Waals surface area (Å²) >= 11 is 0. The standard InChI is InChI=1S/C46H29N3/c1-3-14-30(15-4-1)46-47-43(45-44(48-46)40-24-11-12-25-42(40)49(45)34-18-5-2-6-19-34)33-17-13-16-31(28-33)32-26-27-39-37-22-8-7-20-35(37)36-21-9-10-23-38(36)41(39)29-32/h1-29H. The maximum Gasteiger partial charge on any atom is 0.160 e. The Morgan fingerprint density at radius 2 is 0.878 bits per heavy atom. The summed E-state index contributed by atoms with van der Waals surface area (Å²) < 4.78 is 2.31. The molecule has 49 heavy (non-hydrogen) atoms. The third kappa shape index (κ3) is 4.37. The summed E-state index contributed by atoms with van der Waals surface area (Å²) in [6.07, 6.45) is 0. The summed E-state index contributed by atoms with van der Waals surface area (Å²) in [4.78, 5) is 10.6. The minimum Gasteiger partial charge on any atom is -0.306 e. The van der Waals surface area contributed by atoms with Crippen LogP contribution in [0.3, 0.4) is 0 Å². The van der Waals surface area contributed by atoms with E-state index < -0.39 is 0 Å². The lowest BCUT2D eigenvalue weighted by Gasteiger charge is -2.14. The molecule has 0 bridgehead atoms. The molecule has 8 aromatic carbocycles. The Kier molecular flexibility index (Phi) is 6.18. The zero-order valence-corrected chi connectivity index (χ0v) is 26.6. The zero-order chi connectivity index (χ0) is 32.3. The molecule has 0 saturated carbocycles. The number of rotatable bonds is 4. The maximum atomic E-state index is 5.35. The van der Waals surface area contributed by atoms with E-state index >= 15 is 0 Å². The molecule has 2 aromatic heterocycles. The Hall–Kier alpha value is -6.58. The number of aromatic nitrogens is 3. The van der Waals surface area contributed by atoms with Crippen molar-refractivity contribution in [3.8, 4) is 39.5 Å². The largest absolute Gasteiger partial charge is 0.306 e. The third-order valence-corrected chi connectivity index (χ3v) is 9.77. The summed E-state index contributed by atoms with van der Waals surface area (Å²) in [5.41, 5.74) is 9.39. The first-order chi connectivity index (χ1) is 24.3. The van der Waals surface area contributed by atoms with Gasteiger partial charge in [0.2, 0.25) is 0 Å².